The van der Waals surface area contributed by atoms with E-state index in [2.05, 4.69) is 51.2 Å². The van der Waals surface area contributed by atoms with Gasteiger partial charge in [0.15, 0.2) is 0 Å². The van der Waals surface area contributed by atoms with Gasteiger partial charge < -0.3 is 4.74 Å². The number of benzene rings is 1. The van der Waals surface area contributed by atoms with Crippen LogP contribution in [0.25, 0.3) is 0 Å². The Labute approximate surface area is 131 Å². The fourth-order valence-corrected chi connectivity index (χ4v) is 2.58. The standard InChI is InChI=1S/C18H23NO3/c1-11(2)15-6-5-13(7-16(15)12(3)4)9-22-10-14-8-17(20)19-18(14)21/h5-8,11-12H,9-10H2,1-4H3,(H,19,20,21). The molecular weight excluding hydrogens is 278 g/mol. The molecule has 2 amide bonds. The van der Waals surface area contributed by atoms with Gasteiger partial charge in [-0.1, -0.05) is 45.9 Å². The summed E-state index contributed by atoms with van der Waals surface area (Å²) in [5.41, 5.74) is 4.16. The van der Waals surface area contributed by atoms with E-state index < -0.39 is 0 Å². The van der Waals surface area contributed by atoms with Crippen molar-refractivity contribution in [2.45, 2.75) is 46.1 Å². The lowest BCUT2D eigenvalue weighted by atomic mass is 9.89. The number of imide groups is 1. The van der Waals surface area contributed by atoms with Crippen molar-refractivity contribution >= 4 is 11.8 Å². The van der Waals surface area contributed by atoms with Crippen LogP contribution in [0.2, 0.25) is 0 Å². The molecule has 118 valence electrons. The topological polar surface area (TPSA) is 55.4 Å². The minimum atomic E-state index is -0.369. The molecule has 1 N–H and O–H groups in total. The number of carbonyl (C=O) groups is 2. The molecule has 1 heterocycles. The fraction of sp³-hybridized carbons (Fsp3) is 0.444. The van der Waals surface area contributed by atoms with Gasteiger partial charge in [0.05, 0.1) is 13.2 Å². The summed E-state index contributed by atoms with van der Waals surface area (Å²) in [6.07, 6.45) is 1.30. The summed E-state index contributed by atoms with van der Waals surface area (Å²) in [5, 5.41) is 2.21. The number of ether oxygens (including phenoxy) is 1. The summed E-state index contributed by atoms with van der Waals surface area (Å²) >= 11 is 0. The average molecular weight is 301 g/mol. The van der Waals surface area contributed by atoms with Crippen LogP contribution in [0.4, 0.5) is 0 Å². The molecule has 22 heavy (non-hydrogen) atoms. The highest BCUT2D eigenvalue weighted by atomic mass is 16.5. The van der Waals surface area contributed by atoms with Crippen LogP contribution < -0.4 is 5.32 Å². The summed E-state index contributed by atoms with van der Waals surface area (Å²) in [6.45, 7) is 9.34. The average Bonchev–Trinajstić information content (AvgIpc) is 2.76. The van der Waals surface area contributed by atoms with Crippen LogP contribution in [-0.4, -0.2) is 18.4 Å². The van der Waals surface area contributed by atoms with Gasteiger partial charge in [-0.25, -0.2) is 0 Å². The number of hydrogen-bond acceptors (Lipinski definition) is 3. The van der Waals surface area contributed by atoms with Crippen LogP contribution >= 0.6 is 0 Å². The van der Waals surface area contributed by atoms with Gasteiger partial charge in [-0.05, 0) is 28.5 Å². The maximum absolute atomic E-state index is 11.4. The Morgan fingerprint density at radius 2 is 1.68 bits per heavy atom. The van der Waals surface area contributed by atoms with Gasteiger partial charge in [-0.15, -0.1) is 0 Å². The van der Waals surface area contributed by atoms with E-state index in [0.717, 1.165) is 5.56 Å². The first-order chi connectivity index (χ1) is 10.4. The fourth-order valence-electron chi connectivity index (χ4n) is 2.58. The van der Waals surface area contributed by atoms with Crippen molar-refractivity contribution in [3.63, 3.8) is 0 Å². The van der Waals surface area contributed by atoms with Crippen molar-refractivity contribution in [1.29, 1.82) is 0 Å². The molecule has 0 aromatic heterocycles. The molecule has 4 heteroatoms. The van der Waals surface area contributed by atoms with E-state index in [1.807, 2.05) is 0 Å². The normalized spacial score (nSPS) is 14.7. The molecule has 0 fully saturated rings. The third-order valence-electron chi connectivity index (χ3n) is 3.76. The molecule has 4 nitrogen and oxygen atoms in total. The number of hydrogen-bond donors (Lipinski definition) is 1. The molecule has 0 spiro atoms. The van der Waals surface area contributed by atoms with Gasteiger partial charge in [0.25, 0.3) is 11.8 Å². The molecule has 1 aromatic rings. The second kappa shape index (κ2) is 6.88. The Morgan fingerprint density at radius 1 is 1.00 bits per heavy atom. The molecule has 1 aliphatic rings. The van der Waals surface area contributed by atoms with Gasteiger partial charge in [-0.2, -0.15) is 0 Å². The first-order valence-electron chi connectivity index (χ1n) is 7.64. The Bertz CT molecular complexity index is 615. The highest BCUT2D eigenvalue weighted by Gasteiger charge is 2.20. The van der Waals surface area contributed by atoms with Crippen LogP contribution in [0.15, 0.2) is 29.8 Å². The predicted octanol–water partition coefficient (Wildman–Crippen LogP) is 3.03. The zero-order valence-corrected chi connectivity index (χ0v) is 13.6. The number of carbonyl (C=O) groups excluding carboxylic acids is 2. The lowest BCUT2D eigenvalue weighted by Crippen LogP contribution is -2.23. The van der Waals surface area contributed by atoms with Gasteiger partial charge >= 0.3 is 0 Å². The smallest absolute Gasteiger partial charge is 0.256 e. The maximum atomic E-state index is 11.4. The number of nitrogens with one attached hydrogen (secondary N) is 1. The molecule has 0 saturated carbocycles. The number of amides is 2. The van der Waals surface area contributed by atoms with Gasteiger partial charge in [0.1, 0.15) is 0 Å². The Balaban J connectivity index is 2.02. The van der Waals surface area contributed by atoms with Crippen LogP contribution in [0.5, 0.6) is 0 Å². The highest BCUT2D eigenvalue weighted by Crippen LogP contribution is 2.27. The first kappa shape index (κ1) is 16.4. The van der Waals surface area contributed by atoms with E-state index in [1.165, 1.54) is 17.2 Å². The van der Waals surface area contributed by atoms with E-state index in [0.29, 0.717) is 24.0 Å². The Hall–Kier alpha value is -1.94. The van der Waals surface area contributed by atoms with Gasteiger partial charge in [0, 0.05) is 11.6 Å². The van der Waals surface area contributed by atoms with Crippen molar-refractivity contribution in [3.05, 3.63) is 46.5 Å². The summed E-state index contributed by atoms with van der Waals surface area (Å²) in [6, 6.07) is 6.40. The second-order valence-corrected chi connectivity index (χ2v) is 6.25. The first-order valence-corrected chi connectivity index (χ1v) is 7.64. The maximum Gasteiger partial charge on any atom is 0.256 e. The van der Waals surface area contributed by atoms with E-state index in [1.54, 1.807) is 0 Å². The largest absolute Gasteiger partial charge is 0.372 e. The van der Waals surface area contributed by atoms with Crippen molar-refractivity contribution in [3.8, 4) is 0 Å². The van der Waals surface area contributed by atoms with Gasteiger partial charge in [-0.3, -0.25) is 14.9 Å². The van der Waals surface area contributed by atoms with Crippen molar-refractivity contribution < 1.29 is 14.3 Å². The lowest BCUT2D eigenvalue weighted by molar-refractivity contribution is -0.124. The molecule has 0 bridgehead atoms. The van der Waals surface area contributed by atoms with Crippen molar-refractivity contribution in [2.75, 3.05) is 6.61 Å². The quantitative estimate of drug-likeness (QED) is 0.822. The summed E-state index contributed by atoms with van der Waals surface area (Å²) in [4.78, 5) is 22.5. The predicted molar refractivity (Wildman–Crippen MR) is 85.5 cm³/mol. The molecule has 0 saturated heterocycles. The highest BCUT2D eigenvalue weighted by molar-refractivity contribution is 6.16. The summed E-state index contributed by atoms with van der Waals surface area (Å²) in [7, 11) is 0. The summed E-state index contributed by atoms with van der Waals surface area (Å²) in [5.74, 6) is 0.221. The summed E-state index contributed by atoms with van der Waals surface area (Å²) < 4.78 is 5.58. The van der Waals surface area contributed by atoms with E-state index >= 15 is 0 Å². The van der Waals surface area contributed by atoms with Crippen molar-refractivity contribution in [2.24, 2.45) is 0 Å². The molecule has 0 atom stereocenters. The lowest BCUT2D eigenvalue weighted by Gasteiger charge is -2.17. The third kappa shape index (κ3) is 3.83. The van der Waals surface area contributed by atoms with Crippen LogP contribution in [0.1, 0.15) is 56.2 Å². The SMILES string of the molecule is CC(C)c1ccc(COCC2=CC(=O)NC2=O)cc1C(C)C. The zero-order valence-electron chi connectivity index (χ0n) is 13.6. The number of rotatable bonds is 6. The van der Waals surface area contributed by atoms with Crippen molar-refractivity contribution in [1.82, 2.24) is 5.32 Å². The van der Waals surface area contributed by atoms with E-state index in [-0.39, 0.29) is 18.4 Å². The Kier molecular flexibility index (Phi) is 5.14. The molecule has 0 radical (unpaired) electrons. The van der Waals surface area contributed by atoms with Gasteiger partial charge in [0.2, 0.25) is 0 Å². The Morgan fingerprint density at radius 3 is 2.23 bits per heavy atom. The van der Waals surface area contributed by atoms with Crippen LogP contribution in [0, 0.1) is 0 Å². The minimum Gasteiger partial charge on any atom is -0.372 e. The monoisotopic (exact) mass is 301 g/mol. The van der Waals surface area contributed by atoms with Crippen LogP contribution in [-0.2, 0) is 20.9 Å². The molecule has 2 rings (SSSR count). The van der Waals surface area contributed by atoms with Crippen LogP contribution in [0.3, 0.4) is 0 Å². The minimum absolute atomic E-state index is 0.153. The third-order valence-corrected chi connectivity index (χ3v) is 3.76. The molecule has 1 aliphatic heterocycles. The van der Waals surface area contributed by atoms with E-state index in [4.69, 9.17) is 4.74 Å². The zero-order chi connectivity index (χ0) is 16.3. The molecule has 0 unspecified atom stereocenters. The second-order valence-electron chi connectivity index (χ2n) is 6.25. The molecule has 0 aliphatic carbocycles. The van der Waals surface area contributed by atoms with E-state index in [9.17, 15) is 9.59 Å². The molecule has 1 aromatic carbocycles. The molecular formula is C18H23NO3.